The van der Waals surface area contributed by atoms with Crippen LogP contribution in [0.4, 0.5) is 4.39 Å². The van der Waals surface area contributed by atoms with Crippen LogP contribution in [0, 0.1) is 12.7 Å². The van der Waals surface area contributed by atoms with Crippen molar-refractivity contribution in [1.82, 2.24) is 0 Å². The molecule has 1 aromatic carbocycles. The van der Waals surface area contributed by atoms with Crippen LogP contribution in [0.3, 0.4) is 0 Å². The first-order valence-electron chi connectivity index (χ1n) is 4.19. The third-order valence-corrected chi connectivity index (χ3v) is 3.03. The van der Waals surface area contributed by atoms with Gasteiger partial charge in [0.25, 0.3) is 0 Å². The van der Waals surface area contributed by atoms with Gasteiger partial charge in [0.2, 0.25) is 0 Å². The van der Waals surface area contributed by atoms with Crippen molar-refractivity contribution in [3.63, 3.8) is 0 Å². The maximum absolute atomic E-state index is 12.9. The summed E-state index contributed by atoms with van der Waals surface area (Å²) in [6.07, 6.45) is 0. The molecule has 0 heterocycles. The van der Waals surface area contributed by atoms with E-state index in [-0.39, 0.29) is 10.7 Å². The normalized spacial score (nSPS) is 11.1. The van der Waals surface area contributed by atoms with Crippen LogP contribution in [0.15, 0.2) is 29.7 Å². The summed E-state index contributed by atoms with van der Waals surface area (Å²) in [5.74, 6) is -0.327. The zero-order chi connectivity index (χ0) is 11.6. The van der Waals surface area contributed by atoms with Gasteiger partial charge in [-0.3, -0.25) is 0 Å². The van der Waals surface area contributed by atoms with E-state index < -0.39 is 15.9 Å². The third-order valence-electron chi connectivity index (χ3n) is 1.76. The van der Waals surface area contributed by atoms with Gasteiger partial charge < -0.3 is 4.18 Å². The maximum Gasteiger partial charge on any atom is 0.334 e. The van der Waals surface area contributed by atoms with E-state index in [2.05, 4.69) is 6.58 Å². The number of hydrogen-bond acceptors (Lipinski definition) is 3. The van der Waals surface area contributed by atoms with Crippen LogP contribution in [0.2, 0.25) is 0 Å². The smallest absolute Gasteiger partial charge is 0.334 e. The fourth-order valence-electron chi connectivity index (χ4n) is 0.867. The Labute approximate surface area is 88.3 Å². The molecule has 1 aromatic rings. The molecule has 0 aliphatic heterocycles. The molecule has 0 radical (unpaired) electrons. The monoisotopic (exact) mass is 230 g/mol. The summed E-state index contributed by atoms with van der Waals surface area (Å²) >= 11 is 0. The lowest BCUT2D eigenvalue weighted by Gasteiger charge is -2.06. The summed E-state index contributed by atoms with van der Waals surface area (Å²) in [5, 5.41) is 0. The van der Waals surface area contributed by atoms with Gasteiger partial charge in [-0.2, -0.15) is 8.42 Å². The number of hydrogen-bond donors (Lipinski definition) is 0. The number of allylic oxidation sites excluding steroid dienone is 1. The molecule has 0 saturated heterocycles. The van der Waals surface area contributed by atoms with E-state index in [1.54, 1.807) is 0 Å². The molecule has 82 valence electrons. The van der Waals surface area contributed by atoms with Crippen molar-refractivity contribution in [1.29, 1.82) is 0 Å². The largest absolute Gasteiger partial charge is 0.379 e. The lowest BCUT2D eigenvalue weighted by molar-refractivity contribution is 0.492. The summed E-state index contributed by atoms with van der Waals surface area (Å²) < 4.78 is 40.1. The molecule has 3 nitrogen and oxygen atoms in total. The Morgan fingerprint density at radius 2 is 2.07 bits per heavy atom. The SMILES string of the molecule is C=C(C)S(=O)(=O)Oc1ccc(F)c(C)c1. The molecule has 1 rings (SSSR count). The molecule has 0 aliphatic carbocycles. The zero-order valence-corrected chi connectivity index (χ0v) is 9.27. The van der Waals surface area contributed by atoms with E-state index in [0.717, 1.165) is 6.07 Å². The fourth-order valence-corrected chi connectivity index (χ4v) is 1.37. The molecule has 15 heavy (non-hydrogen) atoms. The fraction of sp³-hybridized carbons (Fsp3) is 0.200. The van der Waals surface area contributed by atoms with Crippen molar-refractivity contribution in [2.75, 3.05) is 0 Å². The standard InChI is InChI=1S/C10H11FO3S/c1-7(2)15(12,13)14-9-4-5-10(11)8(3)6-9/h4-6H,1H2,2-3H3. The summed E-state index contributed by atoms with van der Waals surface area (Å²) in [6.45, 7) is 6.12. The highest BCUT2D eigenvalue weighted by atomic mass is 32.2. The van der Waals surface area contributed by atoms with Crippen LogP contribution in [0.5, 0.6) is 5.75 Å². The molecule has 0 atom stereocenters. The molecule has 0 saturated carbocycles. The molecular weight excluding hydrogens is 219 g/mol. The molecule has 0 unspecified atom stereocenters. The molecular formula is C10H11FO3S. The minimum Gasteiger partial charge on any atom is -0.379 e. The maximum atomic E-state index is 12.9. The van der Waals surface area contributed by atoms with E-state index in [0.29, 0.717) is 5.56 Å². The molecule has 5 heteroatoms. The molecule has 0 bridgehead atoms. The molecule has 0 spiro atoms. The second-order valence-corrected chi connectivity index (χ2v) is 4.92. The lowest BCUT2D eigenvalue weighted by Crippen LogP contribution is -2.09. The second-order valence-electron chi connectivity index (χ2n) is 3.15. The van der Waals surface area contributed by atoms with E-state index in [9.17, 15) is 12.8 Å². The summed E-state index contributed by atoms with van der Waals surface area (Å²) in [7, 11) is -3.80. The van der Waals surface area contributed by atoms with Crippen LogP contribution in [0.1, 0.15) is 12.5 Å². The van der Waals surface area contributed by atoms with Gasteiger partial charge in [-0.1, -0.05) is 6.58 Å². The molecule has 0 aliphatic rings. The number of rotatable bonds is 3. The van der Waals surface area contributed by atoms with Gasteiger partial charge in [0.15, 0.2) is 0 Å². The highest BCUT2D eigenvalue weighted by molar-refractivity contribution is 7.91. The van der Waals surface area contributed by atoms with Crippen molar-refractivity contribution >= 4 is 10.1 Å². The van der Waals surface area contributed by atoms with Crippen molar-refractivity contribution in [3.05, 3.63) is 41.1 Å². The minimum atomic E-state index is -3.80. The van der Waals surface area contributed by atoms with Crippen LogP contribution in [0.25, 0.3) is 0 Å². The van der Waals surface area contributed by atoms with E-state index in [4.69, 9.17) is 4.18 Å². The highest BCUT2D eigenvalue weighted by Gasteiger charge is 2.14. The summed E-state index contributed by atoms with van der Waals surface area (Å²) in [5.41, 5.74) is 0.324. The second kappa shape index (κ2) is 4.02. The Kier molecular flexibility index (Phi) is 3.14. The highest BCUT2D eigenvalue weighted by Crippen LogP contribution is 2.19. The number of benzene rings is 1. The average molecular weight is 230 g/mol. The van der Waals surface area contributed by atoms with Crippen molar-refractivity contribution in [3.8, 4) is 5.75 Å². The van der Waals surface area contributed by atoms with Gasteiger partial charge in [-0.05, 0) is 37.6 Å². The van der Waals surface area contributed by atoms with Crippen molar-refractivity contribution in [2.45, 2.75) is 13.8 Å². The Morgan fingerprint density at radius 1 is 1.47 bits per heavy atom. The number of halogens is 1. The predicted molar refractivity (Wildman–Crippen MR) is 55.5 cm³/mol. The van der Waals surface area contributed by atoms with Crippen LogP contribution in [-0.4, -0.2) is 8.42 Å². The molecule has 0 aromatic heterocycles. The van der Waals surface area contributed by atoms with Crippen molar-refractivity contribution in [2.24, 2.45) is 0 Å². The van der Waals surface area contributed by atoms with Crippen LogP contribution >= 0.6 is 0 Å². The van der Waals surface area contributed by atoms with Gasteiger partial charge >= 0.3 is 10.1 Å². The topological polar surface area (TPSA) is 43.4 Å². The predicted octanol–water partition coefficient (Wildman–Crippen LogP) is 2.38. The van der Waals surface area contributed by atoms with E-state index >= 15 is 0 Å². The minimum absolute atomic E-state index is 0.0805. The summed E-state index contributed by atoms with van der Waals surface area (Å²) in [6, 6.07) is 3.72. The van der Waals surface area contributed by atoms with Gasteiger partial charge in [0, 0.05) is 0 Å². The van der Waals surface area contributed by atoms with E-state index in [1.807, 2.05) is 0 Å². The van der Waals surface area contributed by atoms with Gasteiger partial charge in [0.1, 0.15) is 11.6 Å². The third kappa shape index (κ3) is 2.79. The first kappa shape index (κ1) is 11.7. The average Bonchev–Trinajstić information content (AvgIpc) is 2.10. The first-order valence-corrected chi connectivity index (χ1v) is 5.60. The summed E-state index contributed by atoms with van der Waals surface area (Å²) in [4.78, 5) is -0.0931. The van der Waals surface area contributed by atoms with Gasteiger partial charge in [-0.25, -0.2) is 4.39 Å². The Balaban J connectivity index is 3.01. The quantitative estimate of drug-likeness (QED) is 0.749. The van der Waals surface area contributed by atoms with E-state index in [1.165, 1.54) is 26.0 Å². The molecule has 0 fully saturated rings. The first-order chi connectivity index (χ1) is 6.83. The van der Waals surface area contributed by atoms with Gasteiger partial charge in [-0.15, -0.1) is 0 Å². The zero-order valence-electron chi connectivity index (χ0n) is 8.45. The Morgan fingerprint density at radius 3 is 2.53 bits per heavy atom. The number of aryl methyl sites for hydroxylation is 1. The lowest BCUT2D eigenvalue weighted by atomic mass is 10.2. The van der Waals surface area contributed by atoms with Gasteiger partial charge in [0.05, 0.1) is 4.91 Å². The van der Waals surface area contributed by atoms with Crippen molar-refractivity contribution < 1.29 is 17.0 Å². The Hall–Kier alpha value is -1.36. The van der Waals surface area contributed by atoms with Crippen LogP contribution < -0.4 is 4.18 Å². The molecule has 0 N–H and O–H groups in total. The molecule has 0 amide bonds. The Bertz CT molecular complexity index is 491. The van der Waals surface area contributed by atoms with Crippen LogP contribution in [-0.2, 0) is 10.1 Å².